The number of carboxylic acid groups (broad SMARTS) is 1. The van der Waals surface area contributed by atoms with Gasteiger partial charge in [-0.05, 0) is 24.0 Å². The van der Waals surface area contributed by atoms with Crippen LogP contribution < -0.4 is 0 Å². The summed E-state index contributed by atoms with van der Waals surface area (Å²) < 4.78 is 24.9. The highest BCUT2D eigenvalue weighted by Gasteiger charge is 2.23. The summed E-state index contributed by atoms with van der Waals surface area (Å²) in [4.78, 5) is 46.9. The van der Waals surface area contributed by atoms with Crippen LogP contribution in [0.1, 0.15) is 49.7 Å². The summed E-state index contributed by atoms with van der Waals surface area (Å²) in [5, 5.41) is 8.72. The molecule has 10 nitrogen and oxygen atoms in total. The molecule has 0 aliphatic carbocycles. The molecule has 0 saturated heterocycles. The minimum Gasteiger partial charge on any atom is -0.481 e. The molecule has 0 radical (unpaired) electrons. The van der Waals surface area contributed by atoms with Crippen LogP contribution in [-0.2, 0) is 46.5 Å². The highest BCUT2D eigenvalue weighted by Crippen LogP contribution is 2.15. The van der Waals surface area contributed by atoms with Gasteiger partial charge in [0.2, 0.25) is 6.79 Å². The molecule has 0 heterocycles. The fourth-order valence-electron chi connectivity index (χ4n) is 3.23. The molecule has 0 bridgehead atoms. The lowest BCUT2D eigenvalue weighted by molar-refractivity contribution is -0.160. The lowest BCUT2D eigenvalue weighted by Gasteiger charge is -2.16. The second kappa shape index (κ2) is 17.4. The van der Waals surface area contributed by atoms with Gasteiger partial charge in [0.15, 0.2) is 0 Å². The van der Waals surface area contributed by atoms with Crippen LogP contribution in [0.2, 0.25) is 0 Å². The summed E-state index contributed by atoms with van der Waals surface area (Å²) in [5.74, 6) is -2.38. The van der Waals surface area contributed by atoms with E-state index < -0.39 is 37.0 Å². The van der Waals surface area contributed by atoms with E-state index in [1.807, 2.05) is 24.3 Å². The van der Waals surface area contributed by atoms with Crippen molar-refractivity contribution < 1.29 is 48.0 Å². The van der Waals surface area contributed by atoms with Crippen LogP contribution >= 0.6 is 0 Å². The molecule has 0 fully saturated rings. The Hall–Kier alpha value is -4.08. The topological polar surface area (TPSA) is 135 Å². The van der Waals surface area contributed by atoms with E-state index in [0.29, 0.717) is 32.1 Å². The van der Waals surface area contributed by atoms with Crippen LogP contribution in [0.15, 0.2) is 60.7 Å². The first-order chi connectivity index (χ1) is 17.9. The van der Waals surface area contributed by atoms with Gasteiger partial charge in [-0.3, -0.25) is 9.59 Å². The molecule has 0 aromatic heterocycles. The van der Waals surface area contributed by atoms with E-state index in [1.54, 1.807) is 36.4 Å². The molecule has 0 amide bonds. The monoisotopic (exact) mass is 516 g/mol. The zero-order chi connectivity index (χ0) is 26.7. The van der Waals surface area contributed by atoms with Crippen LogP contribution in [0.4, 0.5) is 9.59 Å². The van der Waals surface area contributed by atoms with Gasteiger partial charge < -0.3 is 28.8 Å². The number of rotatable bonds is 16. The van der Waals surface area contributed by atoms with E-state index >= 15 is 0 Å². The van der Waals surface area contributed by atoms with Crippen molar-refractivity contribution in [3.63, 3.8) is 0 Å². The maximum absolute atomic E-state index is 12.5. The van der Waals surface area contributed by atoms with E-state index in [2.05, 4.69) is 0 Å². The lowest BCUT2D eigenvalue weighted by atomic mass is 10.0. The van der Waals surface area contributed by atoms with Gasteiger partial charge in [0.25, 0.3) is 0 Å². The number of ether oxygens (including phenoxy) is 5. The number of hydrogen-bond donors (Lipinski definition) is 1. The predicted molar refractivity (Wildman–Crippen MR) is 130 cm³/mol. The van der Waals surface area contributed by atoms with Gasteiger partial charge in [-0.2, -0.15) is 0 Å². The van der Waals surface area contributed by atoms with Crippen molar-refractivity contribution in [3.8, 4) is 0 Å². The number of hydrogen-bond acceptors (Lipinski definition) is 9. The summed E-state index contributed by atoms with van der Waals surface area (Å²) in [5.41, 5.74) is 1.56. The summed E-state index contributed by atoms with van der Waals surface area (Å²) in [6, 6.07) is 18.1. The number of carbonyl (C=O) groups is 4. The molecule has 2 rings (SSSR count). The lowest BCUT2D eigenvalue weighted by Crippen LogP contribution is -2.26. The maximum Gasteiger partial charge on any atom is 0.511 e. The molecule has 2 aromatic rings. The first-order valence-electron chi connectivity index (χ1n) is 12.0. The number of esters is 1. The molecule has 1 atom stereocenters. The van der Waals surface area contributed by atoms with E-state index in [4.69, 9.17) is 28.8 Å². The molecule has 37 heavy (non-hydrogen) atoms. The van der Waals surface area contributed by atoms with Crippen LogP contribution in [0.3, 0.4) is 0 Å². The van der Waals surface area contributed by atoms with E-state index in [9.17, 15) is 19.2 Å². The molecule has 0 aliphatic rings. The summed E-state index contributed by atoms with van der Waals surface area (Å²) in [7, 11) is 0. The Kier molecular flexibility index (Phi) is 13.7. The first kappa shape index (κ1) is 29.2. The molecule has 0 spiro atoms. The van der Waals surface area contributed by atoms with Crippen molar-refractivity contribution in [2.45, 2.75) is 51.7 Å². The van der Waals surface area contributed by atoms with E-state index in [1.165, 1.54) is 0 Å². The van der Waals surface area contributed by atoms with Crippen molar-refractivity contribution in [2.75, 3.05) is 13.4 Å². The van der Waals surface area contributed by atoms with Crippen molar-refractivity contribution in [2.24, 2.45) is 5.92 Å². The molecule has 1 unspecified atom stereocenters. The zero-order valence-electron chi connectivity index (χ0n) is 20.5. The third-order valence-electron chi connectivity index (χ3n) is 5.21. The number of unbranched alkanes of at least 4 members (excludes halogenated alkanes) is 3. The molecular weight excluding hydrogens is 484 g/mol. The standard InChI is InChI=1S/C27H32O10/c28-24(29)16-10-2-1-9-15-23(19-35-26(31)33-17-21-11-5-3-6-12-21)25(30)36-20-37-27(32)34-18-22-13-7-4-8-14-22/h3-8,11-14,23H,1-2,9-10,15-20H2,(H,28,29). The van der Waals surface area contributed by atoms with Gasteiger partial charge in [0.1, 0.15) is 19.8 Å². The minimum absolute atomic E-state index is 0.0110. The Morgan fingerprint density at radius 2 is 1.19 bits per heavy atom. The maximum atomic E-state index is 12.5. The van der Waals surface area contributed by atoms with Crippen LogP contribution in [0.25, 0.3) is 0 Å². The molecule has 0 aliphatic heterocycles. The largest absolute Gasteiger partial charge is 0.511 e. The molecular formula is C27H32O10. The molecule has 1 N–H and O–H groups in total. The molecule has 10 heteroatoms. The van der Waals surface area contributed by atoms with Gasteiger partial charge in [0, 0.05) is 6.42 Å². The van der Waals surface area contributed by atoms with Crippen molar-refractivity contribution >= 4 is 24.2 Å². The fourth-order valence-corrected chi connectivity index (χ4v) is 3.23. The summed E-state index contributed by atoms with van der Waals surface area (Å²) in [6.45, 7) is -0.894. The van der Waals surface area contributed by atoms with Gasteiger partial charge in [-0.25, -0.2) is 9.59 Å². The second-order valence-electron chi connectivity index (χ2n) is 8.13. The normalized spacial score (nSPS) is 11.1. The Balaban J connectivity index is 1.74. The van der Waals surface area contributed by atoms with Crippen LogP contribution in [-0.4, -0.2) is 42.8 Å². The second-order valence-corrected chi connectivity index (χ2v) is 8.13. The third kappa shape index (κ3) is 13.6. The average molecular weight is 517 g/mol. The minimum atomic E-state index is -0.993. The Morgan fingerprint density at radius 3 is 1.76 bits per heavy atom. The number of carbonyl (C=O) groups excluding carboxylic acids is 3. The summed E-state index contributed by atoms with van der Waals surface area (Å²) >= 11 is 0. The van der Waals surface area contributed by atoms with Gasteiger partial charge >= 0.3 is 24.2 Å². The Bertz CT molecular complexity index is 962. The van der Waals surface area contributed by atoms with E-state index in [-0.39, 0.29) is 26.2 Å². The highest BCUT2D eigenvalue weighted by atomic mass is 16.8. The number of carboxylic acids is 1. The van der Waals surface area contributed by atoms with Crippen LogP contribution in [0, 0.1) is 5.92 Å². The quantitative estimate of drug-likeness (QED) is 0.137. The van der Waals surface area contributed by atoms with Gasteiger partial charge in [-0.15, -0.1) is 0 Å². The summed E-state index contributed by atoms with van der Waals surface area (Å²) in [6.07, 6.45) is 0.988. The first-order valence-corrected chi connectivity index (χ1v) is 12.0. The zero-order valence-corrected chi connectivity index (χ0v) is 20.5. The molecule has 0 saturated carbocycles. The Labute approximate surface area is 215 Å². The van der Waals surface area contributed by atoms with Crippen molar-refractivity contribution in [1.82, 2.24) is 0 Å². The average Bonchev–Trinajstić information content (AvgIpc) is 2.90. The number of benzene rings is 2. The molecule has 2 aromatic carbocycles. The number of aliphatic carboxylic acids is 1. The molecule has 200 valence electrons. The van der Waals surface area contributed by atoms with Crippen molar-refractivity contribution in [3.05, 3.63) is 71.8 Å². The van der Waals surface area contributed by atoms with E-state index in [0.717, 1.165) is 11.1 Å². The Morgan fingerprint density at radius 1 is 0.649 bits per heavy atom. The van der Waals surface area contributed by atoms with Gasteiger partial charge in [-0.1, -0.05) is 79.9 Å². The fraction of sp³-hybridized carbons (Fsp3) is 0.407. The third-order valence-corrected chi connectivity index (χ3v) is 5.21. The van der Waals surface area contributed by atoms with Crippen molar-refractivity contribution in [1.29, 1.82) is 0 Å². The predicted octanol–water partition coefficient (Wildman–Crippen LogP) is 5.24. The highest BCUT2D eigenvalue weighted by molar-refractivity contribution is 5.73. The SMILES string of the molecule is O=C(O)CCCCCCC(COC(=O)OCc1ccccc1)C(=O)OCOC(=O)OCc1ccccc1. The smallest absolute Gasteiger partial charge is 0.481 e. The van der Waals surface area contributed by atoms with Gasteiger partial charge in [0.05, 0.1) is 5.92 Å². The van der Waals surface area contributed by atoms with Crippen LogP contribution in [0.5, 0.6) is 0 Å².